The van der Waals surface area contributed by atoms with E-state index in [9.17, 15) is 4.79 Å². The zero-order valence-electron chi connectivity index (χ0n) is 13.3. The Morgan fingerprint density at radius 2 is 2.04 bits per heavy atom. The smallest absolute Gasteiger partial charge is 0.347 e. The van der Waals surface area contributed by atoms with Crippen molar-refractivity contribution in [2.24, 2.45) is 0 Å². The van der Waals surface area contributed by atoms with Gasteiger partial charge >= 0.3 is 5.63 Å². The molecule has 0 bridgehead atoms. The number of halogens is 3. The van der Waals surface area contributed by atoms with Crippen LogP contribution in [0.5, 0.6) is 0 Å². The molecule has 5 nitrogen and oxygen atoms in total. The summed E-state index contributed by atoms with van der Waals surface area (Å²) >= 11 is 15.8. The van der Waals surface area contributed by atoms with Crippen molar-refractivity contribution in [1.29, 1.82) is 0 Å². The lowest BCUT2D eigenvalue weighted by atomic mass is 10.1. The van der Waals surface area contributed by atoms with Crippen LogP contribution < -0.4 is 5.63 Å². The molecule has 0 fully saturated rings. The normalized spacial score (nSPS) is 11.2. The predicted molar refractivity (Wildman–Crippen MR) is 105 cm³/mol. The topological polar surface area (TPSA) is 60.9 Å². The number of aryl methyl sites for hydroxylation is 1. The van der Waals surface area contributed by atoms with Crippen molar-refractivity contribution in [2.75, 3.05) is 0 Å². The first-order valence-electron chi connectivity index (χ1n) is 7.54. The third-order valence-electron chi connectivity index (χ3n) is 3.86. The maximum atomic E-state index is 12.5. The minimum absolute atomic E-state index is 0.140. The van der Waals surface area contributed by atoms with Gasteiger partial charge in [0.2, 0.25) is 5.89 Å². The molecule has 0 aliphatic carbocycles. The van der Waals surface area contributed by atoms with Crippen LogP contribution >= 0.6 is 39.1 Å². The number of pyridine rings is 1. The minimum atomic E-state index is -0.481. The Bertz CT molecular complexity index is 1220. The number of aromatic nitrogens is 3. The average molecular weight is 451 g/mol. The highest BCUT2D eigenvalue weighted by Gasteiger charge is 2.18. The first kappa shape index (κ1) is 17.3. The molecule has 0 amide bonds. The van der Waals surface area contributed by atoms with Crippen LogP contribution in [0.1, 0.15) is 5.56 Å². The van der Waals surface area contributed by atoms with Crippen molar-refractivity contribution in [3.05, 3.63) is 73.2 Å². The lowest BCUT2D eigenvalue weighted by Crippen LogP contribution is -2.06. The van der Waals surface area contributed by atoms with E-state index in [2.05, 4.69) is 25.9 Å². The molecule has 0 spiro atoms. The zero-order chi connectivity index (χ0) is 18.4. The van der Waals surface area contributed by atoms with Crippen LogP contribution in [0.25, 0.3) is 28.3 Å². The monoisotopic (exact) mass is 449 g/mol. The number of nitrogens with zero attached hydrogens (tertiary/aromatic N) is 3. The molecule has 1 aromatic carbocycles. The molecule has 8 heteroatoms. The van der Waals surface area contributed by atoms with Crippen LogP contribution in [-0.2, 0) is 0 Å². The van der Waals surface area contributed by atoms with Crippen molar-refractivity contribution < 1.29 is 4.42 Å². The van der Waals surface area contributed by atoms with Crippen LogP contribution in [0.2, 0.25) is 10.0 Å². The van der Waals surface area contributed by atoms with Gasteiger partial charge in [0.05, 0.1) is 20.9 Å². The van der Waals surface area contributed by atoms with E-state index >= 15 is 0 Å². The molecule has 26 heavy (non-hydrogen) atoms. The quantitative estimate of drug-likeness (QED) is 0.409. The number of hydrogen-bond acceptors (Lipinski definition) is 4. The average Bonchev–Trinajstić information content (AvgIpc) is 2.97. The van der Waals surface area contributed by atoms with Gasteiger partial charge in [-0.25, -0.2) is 14.8 Å². The minimum Gasteiger partial charge on any atom is -0.401 e. The third kappa shape index (κ3) is 2.94. The standard InChI is InChI=1S/C18H10BrCl2N3O2/c1-9-5-10(19)6-12-15(9)23-17(26-18(12)25)14-7-11(20)8-24(14)16-13(21)3-2-4-22-16/h2-8H,1H3. The van der Waals surface area contributed by atoms with Gasteiger partial charge in [0, 0.05) is 16.9 Å². The highest BCUT2D eigenvalue weighted by molar-refractivity contribution is 9.10. The molecule has 130 valence electrons. The van der Waals surface area contributed by atoms with Gasteiger partial charge in [0.15, 0.2) is 5.82 Å². The third-order valence-corrected chi connectivity index (χ3v) is 4.82. The van der Waals surface area contributed by atoms with Gasteiger partial charge in [-0.2, -0.15) is 0 Å². The summed E-state index contributed by atoms with van der Waals surface area (Å²) in [4.78, 5) is 21.3. The van der Waals surface area contributed by atoms with Crippen molar-refractivity contribution in [2.45, 2.75) is 6.92 Å². The Balaban J connectivity index is 2.01. The van der Waals surface area contributed by atoms with Gasteiger partial charge < -0.3 is 4.42 Å². The zero-order valence-corrected chi connectivity index (χ0v) is 16.4. The van der Waals surface area contributed by atoms with Crippen LogP contribution in [0.15, 0.2) is 56.4 Å². The molecule has 0 saturated carbocycles. The summed E-state index contributed by atoms with van der Waals surface area (Å²) in [5.74, 6) is 0.606. The second-order valence-electron chi connectivity index (χ2n) is 5.65. The van der Waals surface area contributed by atoms with E-state index in [0.717, 1.165) is 10.0 Å². The summed E-state index contributed by atoms with van der Waals surface area (Å²) in [5.41, 5.74) is 1.42. The molecule has 3 heterocycles. The van der Waals surface area contributed by atoms with Gasteiger partial charge in [-0.15, -0.1) is 0 Å². The van der Waals surface area contributed by atoms with Gasteiger partial charge in [-0.1, -0.05) is 39.1 Å². The lowest BCUT2D eigenvalue weighted by molar-refractivity contribution is 0.514. The van der Waals surface area contributed by atoms with Gasteiger partial charge in [-0.3, -0.25) is 4.57 Å². The van der Waals surface area contributed by atoms with Crippen LogP contribution in [0.4, 0.5) is 0 Å². The second kappa shape index (κ2) is 6.54. The SMILES string of the molecule is Cc1cc(Br)cc2c(=O)oc(-c3cc(Cl)cn3-c3ncccc3Cl)nc12. The largest absolute Gasteiger partial charge is 0.401 e. The van der Waals surface area contributed by atoms with E-state index in [0.29, 0.717) is 32.5 Å². The van der Waals surface area contributed by atoms with Crippen LogP contribution in [-0.4, -0.2) is 14.5 Å². The lowest BCUT2D eigenvalue weighted by Gasteiger charge is -2.09. The Hall–Kier alpha value is -2.15. The van der Waals surface area contributed by atoms with Crippen molar-refractivity contribution >= 4 is 50.0 Å². The Labute approximate surface area is 166 Å². The number of hydrogen-bond donors (Lipinski definition) is 0. The molecular weight excluding hydrogens is 441 g/mol. The molecule has 4 aromatic rings. The molecule has 0 N–H and O–H groups in total. The van der Waals surface area contributed by atoms with Crippen LogP contribution in [0, 0.1) is 6.92 Å². The number of rotatable bonds is 2. The van der Waals surface area contributed by atoms with E-state index in [1.807, 2.05) is 13.0 Å². The molecule has 0 aliphatic rings. The van der Waals surface area contributed by atoms with E-state index in [1.54, 1.807) is 41.2 Å². The van der Waals surface area contributed by atoms with E-state index < -0.39 is 5.63 Å². The summed E-state index contributed by atoms with van der Waals surface area (Å²) in [6.45, 7) is 1.88. The predicted octanol–water partition coefficient (Wildman–Crippen LogP) is 5.42. The summed E-state index contributed by atoms with van der Waals surface area (Å²) in [6.07, 6.45) is 3.26. The Kier molecular flexibility index (Phi) is 4.34. The molecule has 0 saturated heterocycles. The van der Waals surface area contributed by atoms with Crippen molar-refractivity contribution in [3.63, 3.8) is 0 Å². The first-order valence-corrected chi connectivity index (χ1v) is 9.09. The number of benzene rings is 1. The molecule has 0 radical (unpaired) electrons. The van der Waals surface area contributed by atoms with Crippen molar-refractivity contribution in [1.82, 2.24) is 14.5 Å². The Morgan fingerprint density at radius 3 is 2.81 bits per heavy atom. The molecular formula is C18H10BrCl2N3O2. The van der Waals surface area contributed by atoms with E-state index in [1.165, 1.54) is 0 Å². The fourth-order valence-electron chi connectivity index (χ4n) is 2.74. The molecule has 4 rings (SSSR count). The van der Waals surface area contributed by atoms with E-state index in [-0.39, 0.29) is 5.89 Å². The Morgan fingerprint density at radius 1 is 1.23 bits per heavy atom. The maximum Gasteiger partial charge on any atom is 0.347 e. The molecule has 3 aromatic heterocycles. The second-order valence-corrected chi connectivity index (χ2v) is 7.41. The summed E-state index contributed by atoms with van der Waals surface area (Å²) in [7, 11) is 0. The molecule has 0 aliphatic heterocycles. The maximum absolute atomic E-state index is 12.5. The van der Waals surface area contributed by atoms with Gasteiger partial charge in [-0.05, 0) is 42.8 Å². The first-order chi connectivity index (χ1) is 12.4. The fraction of sp³-hybridized carbons (Fsp3) is 0.0556. The number of fused-ring (bicyclic) bond motifs is 1. The summed E-state index contributed by atoms with van der Waals surface area (Å²) in [6, 6.07) is 8.67. The fourth-order valence-corrected chi connectivity index (χ4v) is 3.73. The van der Waals surface area contributed by atoms with Gasteiger partial charge in [0.1, 0.15) is 5.69 Å². The molecule has 0 unspecified atom stereocenters. The van der Waals surface area contributed by atoms with Crippen LogP contribution in [0.3, 0.4) is 0 Å². The van der Waals surface area contributed by atoms with Crippen molar-refractivity contribution in [3.8, 4) is 17.4 Å². The molecule has 0 atom stereocenters. The van der Waals surface area contributed by atoms with Gasteiger partial charge in [0.25, 0.3) is 0 Å². The summed E-state index contributed by atoms with van der Waals surface area (Å²) in [5, 5.41) is 1.28. The van der Waals surface area contributed by atoms with E-state index in [4.69, 9.17) is 27.6 Å². The highest BCUT2D eigenvalue weighted by atomic mass is 79.9. The highest BCUT2D eigenvalue weighted by Crippen LogP contribution is 2.30. The summed E-state index contributed by atoms with van der Waals surface area (Å²) < 4.78 is 7.90.